The van der Waals surface area contributed by atoms with Crippen LogP contribution < -0.4 is 42.5 Å². The van der Waals surface area contributed by atoms with Crippen LogP contribution in [-0.4, -0.2) is 158 Å². The van der Waals surface area contributed by atoms with E-state index in [-0.39, 0.29) is 58.7 Å². The summed E-state index contributed by atoms with van der Waals surface area (Å²) >= 11 is 0. The maximum atomic E-state index is 13.5. The van der Waals surface area contributed by atoms with E-state index >= 15 is 0 Å². The molecule has 4 aliphatic rings. The summed E-state index contributed by atoms with van der Waals surface area (Å²) < 4.78 is 162. The molecule has 36 heteroatoms. The van der Waals surface area contributed by atoms with Crippen LogP contribution in [0.15, 0.2) is 122 Å². The first kappa shape index (κ1) is 72.6. The topological polar surface area (TPSA) is 314 Å². The molecule has 0 aromatic carbocycles. The lowest BCUT2D eigenvalue weighted by Crippen LogP contribution is -2.38. The molecule has 0 bridgehead atoms. The van der Waals surface area contributed by atoms with Crippen LogP contribution in [0.2, 0.25) is 0 Å². The molecule has 3 unspecified atom stereocenters. The van der Waals surface area contributed by atoms with Crippen molar-refractivity contribution in [1.82, 2.24) is 102 Å². The Bertz CT molecular complexity index is 4770. The fourth-order valence-corrected chi connectivity index (χ4v) is 12.8. The molecule has 12 aromatic heterocycles. The van der Waals surface area contributed by atoms with E-state index in [0.717, 1.165) is 115 Å². The van der Waals surface area contributed by atoms with Crippen molar-refractivity contribution >= 4 is 67.4 Å². The molecule has 4 saturated heterocycles. The van der Waals surface area contributed by atoms with Crippen LogP contribution in [0.5, 0.6) is 0 Å². The van der Waals surface area contributed by atoms with Gasteiger partial charge in [0.1, 0.15) is 46.0 Å². The minimum atomic E-state index is -4.52. The third-order valence-corrected chi connectivity index (χ3v) is 18.2. The van der Waals surface area contributed by atoms with Gasteiger partial charge in [0.25, 0.3) is 0 Å². The minimum absolute atomic E-state index is 0. The molecular formula is C69H80F12N24. The van der Waals surface area contributed by atoms with Crippen LogP contribution in [0.4, 0.5) is 76.0 Å². The van der Waals surface area contributed by atoms with Gasteiger partial charge >= 0.3 is 24.7 Å². The predicted molar refractivity (Wildman–Crippen MR) is 382 cm³/mol. The third kappa shape index (κ3) is 17.6. The number of hydrogen-bond acceptors (Lipinski definition) is 20. The molecule has 16 rings (SSSR count). The van der Waals surface area contributed by atoms with Crippen LogP contribution in [0.25, 0.3) is 89.7 Å². The first-order valence-corrected chi connectivity index (χ1v) is 33.9. The molecule has 4 fully saturated rings. The largest absolute Gasteiger partial charge is 0.418 e. The number of aromatic nitrogens is 16. The van der Waals surface area contributed by atoms with E-state index < -0.39 is 47.0 Å². The predicted octanol–water partition coefficient (Wildman–Crippen LogP) is 14.1. The van der Waals surface area contributed by atoms with Crippen LogP contribution in [0.3, 0.4) is 0 Å². The lowest BCUT2D eigenvalue weighted by molar-refractivity contribution is -0.138. The maximum Gasteiger partial charge on any atom is 0.418 e. The standard InChI is InChI=1S/C18H19F3N6.3C17H17F3N6.5H2/c19-18(20,21)13-3-4-14(24-10-11-5-8-22-9-6-11)25-16(13)15-12-2-1-7-23-17(12)27-26-15;18-17(19,20)12-5-6-13(23-9-10-3-1-7-21-10)24-15(12)14-11-4-2-8-22-16(11)26-25-14;18-17(19,20)12-5-6-13(23-10-3-1-7-21-9-10)24-15(12)14-11-4-2-8-22-16(11)26-25-14;18-17(19,20)12-3-4-13(23-9-10-5-7-21-8-10)24-15(12)14-11-2-1-6-22-16(11)26-25-14;;;;;/h1-4,7,11,22H,5-6,8-10H2,(H,24,25)(H,23,26,27);2*2,4-6,8,10,21H,1,3,7,9H2,(H,23,24)(H,22,25,26);1-4,6,10,21H,5,7-9H2,(H,23,24)(H,22,25,26);5*1H. The monoisotopic (exact) mass is 1470 g/mol. The molecule has 560 valence electrons. The van der Waals surface area contributed by atoms with E-state index in [2.05, 4.69) is 123 Å². The van der Waals surface area contributed by atoms with Gasteiger partial charge in [-0.25, -0.2) is 39.9 Å². The summed E-state index contributed by atoms with van der Waals surface area (Å²) in [6.07, 6.45) is -4.69. The summed E-state index contributed by atoms with van der Waals surface area (Å²) in [5.41, 5.74) is -1.66. The number of rotatable bonds is 15. The Morgan fingerprint density at radius 3 is 1.08 bits per heavy atom. The number of nitrogens with one attached hydrogen (secondary N) is 12. The number of hydrogen-bond donors (Lipinski definition) is 12. The van der Waals surface area contributed by atoms with E-state index in [4.69, 9.17) is 0 Å². The molecule has 12 aromatic rings. The Balaban J connectivity index is 0.000000182. The Labute approximate surface area is 597 Å². The van der Waals surface area contributed by atoms with Crippen LogP contribution in [0, 0.1) is 11.8 Å². The Kier molecular flexibility index (Phi) is 21.9. The lowest BCUT2D eigenvalue weighted by Gasteiger charge is -2.24. The molecular weight excluding hydrogens is 1390 g/mol. The van der Waals surface area contributed by atoms with Crippen LogP contribution >= 0.6 is 0 Å². The molecule has 105 heavy (non-hydrogen) atoms. The zero-order chi connectivity index (χ0) is 73.3. The molecule has 16 heterocycles. The van der Waals surface area contributed by atoms with E-state index in [0.29, 0.717) is 105 Å². The summed E-state index contributed by atoms with van der Waals surface area (Å²) in [5.74, 6) is 2.56. The average Bonchev–Trinajstić information content (AvgIpc) is 1.55. The lowest BCUT2D eigenvalue weighted by atomic mass is 9.98. The molecule has 0 amide bonds. The normalized spacial score (nSPS) is 17.4. The van der Waals surface area contributed by atoms with E-state index in [9.17, 15) is 52.7 Å². The van der Waals surface area contributed by atoms with Gasteiger partial charge in [-0.1, -0.05) is 0 Å². The molecule has 4 aliphatic heterocycles. The van der Waals surface area contributed by atoms with Gasteiger partial charge in [0.15, 0.2) is 22.6 Å². The highest BCUT2D eigenvalue weighted by Gasteiger charge is 2.40. The summed E-state index contributed by atoms with van der Waals surface area (Å²) in [5, 5.41) is 54.4. The first-order valence-electron chi connectivity index (χ1n) is 33.9. The fourth-order valence-electron chi connectivity index (χ4n) is 12.8. The number of nitrogens with zero attached hydrogens (tertiary/aromatic N) is 12. The van der Waals surface area contributed by atoms with Crippen LogP contribution in [-0.2, 0) is 24.7 Å². The second kappa shape index (κ2) is 31.7. The number of aromatic amines is 4. The summed E-state index contributed by atoms with van der Waals surface area (Å²) in [7, 11) is 0. The van der Waals surface area contributed by atoms with Crippen LogP contribution in [0.1, 0.15) is 74.3 Å². The Morgan fingerprint density at radius 2 is 0.714 bits per heavy atom. The first-order chi connectivity index (χ1) is 50.6. The SMILES string of the molecule is FC(F)(F)c1ccc(NC2CCCNC2)nc1-c1[nH]nc2ncccc12.FC(F)(F)c1ccc(NCC2CCCN2)nc1-c1[nH]nc2ncccc12.FC(F)(F)c1ccc(NCC2CCNC2)nc1-c1[nH]nc2ncccc12.FC(F)(F)c1ccc(NCC2CCNCC2)nc1-c1[nH]nc2ncccc12.[HH].[HH].[HH].[HH].[HH]. The zero-order valence-corrected chi connectivity index (χ0v) is 55.8. The van der Waals surface area contributed by atoms with Gasteiger partial charge in [-0.3, -0.25) is 20.4 Å². The Morgan fingerprint density at radius 1 is 0.362 bits per heavy atom. The maximum absolute atomic E-state index is 13.5. The number of fused-ring (bicyclic) bond motifs is 4. The molecule has 0 spiro atoms. The van der Waals surface area contributed by atoms with Gasteiger partial charge in [-0.05, 0) is 193 Å². The molecule has 0 saturated carbocycles. The number of halogens is 12. The van der Waals surface area contributed by atoms with Crippen molar-refractivity contribution in [3.05, 3.63) is 144 Å². The minimum Gasteiger partial charge on any atom is -0.370 e. The smallest absolute Gasteiger partial charge is 0.370 e. The summed E-state index contributed by atoms with van der Waals surface area (Å²) in [4.78, 5) is 33.3. The second-order valence-corrected chi connectivity index (χ2v) is 25.4. The second-order valence-electron chi connectivity index (χ2n) is 25.4. The van der Waals surface area contributed by atoms with Gasteiger partial charge in [0.2, 0.25) is 0 Å². The molecule has 0 aliphatic carbocycles. The van der Waals surface area contributed by atoms with Gasteiger partial charge in [0.05, 0.1) is 45.0 Å². The zero-order valence-electron chi connectivity index (χ0n) is 55.8. The highest BCUT2D eigenvalue weighted by atomic mass is 19.4. The van der Waals surface area contributed by atoms with Gasteiger partial charge in [0, 0.05) is 91.7 Å². The molecule has 24 nitrogen and oxygen atoms in total. The highest BCUT2D eigenvalue weighted by molar-refractivity contribution is 5.93. The number of anilines is 4. The van der Waals surface area contributed by atoms with E-state index in [1.54, 1.807) is 67.1 Å². The van der Waals surface area contributed by atoms with Crippen molar-refractivity contribution in [2.45, 2.75) is 81.7 Å². The van der Waals surface area contributed by atoms with E-state index in [1.807, 2.05) is 0 Å². The van der Waals surface area contributed by atoms with Crippen molar-refractivity contribution in [2.75, 3.05) is 86.7 Å². The number of H-pyrrole nitrogens is 4. The van der Waals surface area contributed by atoms with Crippen molar-refractivity contribution in [2.24, 2.45) is 11.8 Å². The average molecular weight is 1470 g/mol. The quantitative estimate of drug-likeness (QED) is 0.0424. The molecule has 3 atom stereocenters. The highest BCUT2D eigenvalue weighted by Crippen LogP contribution is 2.43. The van der Waals surface area contributed by atoms with Gasteiger partial charge in [-0.15, -0.1) is 0 Å². The number of pyridine rings is 8. The van der Waals surface area contributed by atoms with E-state index in [1.165, 1.54) is 30.5 Å². The van der Waals surface area contributed by atoms with Gasteiger partial charge in [-0.2, -0.15) is 73.1 Å². The van der Waals surface area contributed by atoms with Crippen molar-refractivity contribution < 1.29 is 59.8 Å². The number of alkyl halides is 12. The van der Waals surface area contributed by atoms with Crippen molar-refractivity contribution in [3.63, 3.8) is 0 Å². The third-order valence-electron chi connectivity index (χ3n) is 18.2. The van der Waals surface area contributed by atoms with Crippen molar-refractivity contribution in [3.8, 4) is 45.6 Å². The van der Waals surface area contributed by atoms with Gasteiger partial charge < -0.3 is 42.5 Å². The number of piperidine rings is 2. The molecule has 12 N–H and O–H groups in total. The van der Waals surface area contributed by atoms with Crippen molar-refractivity contribution in [1.29, 1.82) is 0 Å². The summed E-state index contributed by atoms with van der Waals surface area (Å²) in [6.45, 7) is 8.43. The fraction of sp³-hybridized carbons (Fsp3) is 0.362. The summed E-state index contributed by atoms with van der Waals surface area (Å²) in [6, 6.07) is 23.5. The Hall–Kier alpha value is -10.7. The molecule has 0 radical (unpaired) electrons.